The van der Waals surface area contributed by atoms with Gasteiger partial charge >= 0.3 is 0 Å². The summed E-state index contributed by atoms with van der Waals surface area (Å²) in [6.07, 6.45) is 5.69. The third kappa shape index (κ3) is 3.28. The highest BCUT2D eigenvalue weighted by molar-refractivity contribution is 5.78. The van der Waals surface area contributed by atoms with E-state index in [1.165, 1.54) is 16.9 Å². The maximum Gasteiger partial charge on any atom is 0.222 e. The zero-order valence-corrected chi connectivity index (χ0v) is 14.9. The van der Waals surface area contributed by atoms with E-state index in [4.69, 9.17) is 0 Å². The van der Waals surface area contributed by atoms with E-state index in [-0.39, 0.29) is 0 Å². The Morgan fingerprint density at radius 3 is 2.80 bits per heavy atom. The van der Waals surface area contributed by atoms with Crippen LogP contribution in [0.4, 0.5) is 5.69 Å². The van der Waals surface area contributed by atoms with Crippen LogP contribution in [0.15, 0.2) is 36.5 Å². The summed E-state index contributed by atoms with van der Waals surface area (Å²) in [6, 6.07) is 10.9. The van der Waals surface area contributed by atoms with E-state index in [0.29, 0.717) is 11.8 Å². The van der Waals surface area contributed by atoms with Crippen molar-refractivity contribution in [3.05, 3.63) is 47.8 Å². The highest BCUT2D eigenvalue weighted by Crippen LogP contribution is 2.38. The SMILES string of the molecule is Cn1nccc1CCN1CC(CCN2CCCC2=O)c2ccccc21. The zero-order valence-electron chi connectivity index (χ0n) is 14.9. The van der Waals surface area contributed by atoms with Crippen molar-refractivity contribution in [1.29, 1.82) is 0 Å². The highest BCUT2D eigenvalue weighted by atomic mass is 16.2. The molecular formula is C20H26N4O. The van der Waals surface area contributed by atoms with Gasteiger partial charge in [-0.2, -0.15) is 5.10 Å². The lowest BCUT2D eigenvalue weighted by molar-refractivity contribution is -0.127. The van der Waals surface area contributed by atoms with Gasteiger partial charge in [-0.05, 0) is 30.5 Å². The van der Waals surface area contributed by atoms with Crippen LogP contribution in [0.2, 0.25) is 0 Å². The molecule has 0 spiro atoms. The number of carbonyl (C=O) groups excluding carboxylic acids is 1. The van der Waals surface area contributed by atoms with Crippen molar-refractivity contribution < 1.29 is 4.79 Å². The standard InChI is InChI=1S/C20H26N4O/c1-22-17(8-11-21-22)10-14-24-15-16(18-5-2-3-6-19(18)24)9-13-23-12-4-7-20(23)25/h2-3,5-6,8,11,16H,4,7,9-10,12-15H2,1H3. The largest absolute Gasteiger partial charge is 0.370 e. The van der Waals surface area contributed by atoms with Crippen LogP contribution in [-0.2, 0) is 18.3 Å². The maximum absolute atomic E-state index is 11.9. The Morgan fingerprint density at radius 2 is 2.04 bits per heavy atom. The van der Waals surface area contributed by atoms with Gasteiger partial charge in [0.25, 0.3) is 0 Å². The number of carbonyl (C=O) groups is 1. The average molecular weight is 338 g/mol. The van der Waals surface area contributed by atoms with Crippen LogP contribution in [0, 0.1) is 0 Å². The normalized spacial score (nSPS) is 19.7. The van der Waals surface area contributed by atoms with Crippen LogP contribution in [0.1, 0.15) is 36.4 Å². The predicted molar refractivity (Wildman–Crippen MR) is 98.7 cm³/mol. The van der Waals surface area contributed by atoms with E-state index in [1.54, 1.807) is 0 Å². The molecule has 1 amide bonds. The van der Waals surface area contributed by atoms with E-state index in [2.05, 4.69) is 40.3 Å². The molecule has 3 heterocycles. The first-order chi connectivity index (χ1) is 12.2. The first-order valence-electron chi connectivity index (χ1n) is 9.31. The molecule has 1 fully saturated rings. The molecule has 0 saturated carbocycles. The van der Waals surface area contributed by atoms with Crippen LogP contribution in [-0.4, -0.2) is 46.8 Å². The Morgan fingerprint density at radius 1 is 1.16 bits per heavy atom. The molecule has 0 radical (unpaired) electrons. The van der Waals surface area contributed by atoms with Crippen molar-refractivity contribution in [2.45, 2.75) is 31.6 Å². The van der Waals surface area contributed by atoms with Crippen LogP contribution >= 0.6 is 0 Å². The summed E-state index contributed by atoms with van der Waals surface area (Å²) in [5.41, 5.74) is 4.07. The lowest BCUT2D eigenvalue weighted by Gasteiger charge is -2.21. The van der Waals surface area contributed by atoms with Crippen LogP contribution < -0.4 is 4.90 Å². The summed E-state index contributed by atoms with van der Waals surface area (Å²) in [4.78, 5) is 16.4. The third-order valence-corrected chi connectivity index (χ3v) is 5.64. The van der Waals surface area contributed by atoms with E-state index in [9.17, 15) is 4.79 Å². The molecule has 0 N–H and O–H groups in total. The molecule has 2 aliphatic heterocycles. The minimum Gasteiger partial charge on any atom is -0.370 e. The Labute approximate surface area is 149 Å². The number of rotatable bonds is 6. The minimum absolute atomic E-state index is 0.333. The van der Waals surface area contributed by atoms with E-state index in [1.807, 2.05) is 22.8 Å². The van der Waals surface area contributed by atoms with Crippen molar-refractivity contribution in [2.24, 2.45) is 7.05 Å². The smallest absolute Gasteiger partial charge is 0.222 e. The quantitative estimate of drug-likeness (QED) is 0.813. The van der Waals surface area contributed by atoms with Gasteiger partial charge in [0.1, 0.15) is 0 Å². The number of hydrogen-bond acceptors (Lipinski definition) is 3. The fourth-order valence-corrected chi connectivity index (χ4v) is 4.19. The second-order valence-electron chi connectivity index (χ2n) is 7.17. The molecule has 1 atom stereocenters. The minimum atomic E-state index is 0.333. The zero-order chi connectivity index (χ0) is 17.2. The Hall–Kier alpha value is -2.30. The van der Waals surface area contributed by atoms with Crippen LogP contribution in [0.3, 0.4) is 0 Å². The molecule has 0 bridgehead atoms. The molecule has 2 aromatic rings. The number of hydrogen-bond donors (Lipinski definition) is 0. The molecule has 1 saturated heterocycles. The van der Waals surface area contributed by atoms with E-state index >= 15 is 0 Å². The van der Waals surface area contributed by atoms with Crippen molar-refractivity contribution in [2.75, 3.05) is 31.1 Å². The monoisotopic (exact) mass is 338 g/mol. The van der Waals surface area contributed by atoms with Gasteiger partial charge in [-0.1, -0.05) is 18.2 Å². The average Bonchev–Trinajstić information content (AvgIpc) is 3.31. The van der Waals surface area contributed by atoms with Crippen molar-refractivity contribution in [1.82, 2.24) is 14.7 Å². The number of aryl methyl sites for hydroxylation is 1. The first kappa shape index (κ1) is 16.2. The first-order valence-corrected chi connectivity index (χ1v) is 9.31. The fourth-order valence-electron chi connectivity index (χ4n) is 4.19. The number of para-hydroxylation sites is 1. The van der Waals surface area contributed by atoms with E-state index < -0.39 is 0 Å². The van der Waals surface area contributed by atoms with Gasteiger partial charge in [-0.15, -0.1) is 0 Å². The molecule has 0 aliphatic carbocycles. The number of nitrogens with zero attached hydrogens (tertiary/aromatic N) is 4. The van der Waals surface area contributed by atoms with Crippen molar-refractivity contribution >= 4 is 11.6 Å². The molecule has 1 unspecified atom stereocenters. The number of amides is 1. The molecule has 2 aliphatic rings. The highest BCUT2D eigenvalue weighted by Gasteiger charge is 2.29. The maximum atomic E-state index is 11.9. The van der Waals surface area contributed by atoms with Crippen molar-refractivity contribution in [3.8, 4) is 0 Å². The van der Waals surface area contributed by atoms with E-state index in [0.717, 1.165) is 51.9 Å². The van der Waals surface area contributed by atoms with Gasteiger partial charge in [-0.3, -0.25) is 9.48 Å². The molecule has 132 valence electrons. The van der Waals surface area contributed by atoms with Gasteiger partial charge in [0.05, 0.1) is 0 Å². The topological polar surface area (TPSA) is 41.4 Å². The molecule has 5 heteroatoms. The number of benzene rings is 1. The molecule has 5 nitrogen and oxygen atoms in total. The molecule has 4 rings (SSSR count). The van der Waals surface area contributed by atoms with Crippen molar-refractivity contribution in [3.63, 3.8) is 0 Å². The Balaban J connectivity index is 1.42. The lowest BCUT2D eigenvalue weighted by atomic mass is 9.98. The van der Waals surface area contributed by atoms with Crippen LogP contribution in [0.25, 0.3) is 0 Å². The summed E-state index contributed by atoms with van der Waals surface area (Å²) >= 11 is 0. The lowest BCUT2D eigenvalue weighted by Crippen LogP contribution is -2.29. The number of fused-ring (bicyclic) bond motifs is 1. The Bertz CT molecular complexity index is 754. The van der Waals surface area contributed by atoms with Gasteiger partial charge in [0.2, 0.25) is 5.91 Å². The molecule has 1 aromatic heterocycles. The summed E-state index contributed by atoms with van der Waals surface area (Å²) in [5.74, 6) is 0.857. The predicted octanol–water partition coefficient (Wildman–Crippen LogP) is 2.58. The number of aromatic nitrogens is 2. The summed E-state index contributed by atoms with van der Waals surface area (Å²) in [5, 5.41) is 4.26. The molecule has 1 aromatic carbocycles. The summed E-state index contributed by atoms with van der Waals surface area (Å²) in [7, 11) is 2.00. The second-order valence-corrected chi connectivity index (χ2v) is 7.17. The van der Waals surface area contributed by atoms with Crippen LogP contribution in [0.5, 0.6) is 0 Å². The Kier molecular flexibility index (Phi) is 4.47. The van der Waals surface area contributed by atoms with Gasteiger partial charge in [0.15, 0.2) is 0 Å². The molecule has 25 heavy (non-hydrogen) atoms. The van der Waals surface area contributed by atoms with Gasteiger partial charge in [0, 0.05) is 69.6 Å². The summed E-state index contributed by atoms with van der Waals surface area (Å²) < 4.78 is 1.96. The third-order valence-electron chi connectivity index (χ3n) is 5.64. The number of anilines is 1. The van der Waals surface area contributed by atoms with Gasteiger partial charge < -0.3 is 9.80 Å². The fraction of sp³-hybridized carbons (Fsp3) is 0.500. The van der Waals surface area contributed by atoms with Gasteiger partial charge in [-0.25, -0.2) is 0 Å². The second kappa shape index (κ2) is 6.90. The summed E-state index contributed by atoms with van der Waals surface area (Å²) in [6.45, 7) is 3.90. The molecular weight excluding hydrogens is 312 g/mol. The number of likely N-dealkylation sites (tertiary alicyclic amines) is 1.